The second-order valence-corrected chi connectivity index (χ2v) is 11.5. The minimum absolute atomic E-state index is 0.219. The predicted molar refractivity (Wildman–Crippen MR) is 147 cm³/mol. The molecule has 0 spiro atoms. The van der Waals surface area contributed by atoms with Crippen molar-refractivity contribution in [3.63, 3.8) is 0 Å². The fraction of sp³-hybridized carbons (Fsp3) is 0.484. The molecule has 1 aliphatic rings. The van der Waals surface area contributed by atoms with Gasteiger partial charge < -0.3 is 14.4 Å². The van der Waals surface area contributed by atoms with Gasteiger partial charge in [-0.05, 0) is 68.4 Å². The van der Waals surface area contributed by atoms with E-state index >= 15 is 0 Å². The summed E-state index contributed by atoms with van der Waals surface area (Å²) >= 11 is 0. The third kappa shape index (κ3) is 7.61. The fourth-order valence-corrected chi connectivity index (χ4v) is 4.77. The summed E-state index contributed by atoms with van der Waals surface area (Å²) < 4.78 is 13.6. The molecule has 4 rings (SSSR count). The quantitative estimate of drug-likeness (QED) is 0.344. The van der Waals surface area contributed by atoms with E-state index in [1.54, 1.807) is 0 Å². The molecule has 1 aromatic heterocycles. The van der Waals surface area contributed by atoms with Crippen molar-refractivity contribution in [3.8, 4) is 5.75 Å². The van der Waals surface area contributed by atoms with Gasteiger partial charge >= 0.3 is 6.09 Å². The van der Waals surface area contributed by atoms with Crippen molar-refractivity contribution in [3.05, 3.63) is 83.2 Å². The summed E-state index contributed by atoms with van der Waals surface area (Å²) in [5, 5.41) is 4.85. The Morgan fingerprint density at radius 1 is 1.00 bits per heavy atom. The van der Waals surface area contributed by atoms with E-state index in [0.29, 0.717) is 38.1 Å². The molecule has 6 heteroatoms. The number of hydrogen-bond acceptors (Lipinski definition) is 4. The molecule has 6 nitrogen and oxygen atoms in total. The van der Waals surface area contributed by atoms with Gasteiger partial charge in [0.25, 0.3) is 0 Å². The topological polar surface area (TPSA) is 56.6 Å². The first-order chi connectivity index (χ1) is 17.7. The number of hydrogen-bond donors (Lipinski definition) is 0. The maximum absolute atomic E-state index is 12.6. The molecule has 1 fully saturated rings. The highest BCUT2D eigenvalue weighted by atomic mass is 16.6. The highest BCUT2D eigenvalue weighted by Gasteiger charge is 2.30. The second kappa shape index (κ2) is 11.8. The van der Waals surface area contributed by atoms with Crippen molar-refractivity contribution in [2.75, 3.05) is 19.7 Å². The van der Waals surface area contributed by atoms with Gasteiger partial charge in [-0.15, -0.1) is 0 Å². The van der Waals surface area contributed by atoms with Crippen molar-refractivity contribution in [1.82, 2.24) is 14.7 Å². The zero-order chi connectivity index (χ0) is 26.4. The number of aromatic nitrogens is 2. The number of nitrogens with zero attached hydrogens (tertiary/aromatic N) is 3. The highest BCUT2D eigenvalue weighted by Crippen LogP contribution is 2.33. The van der Waals surface area contributed by atoms with Crippen LogP contribution in [-0.4, -0.2) is 46.1 Å². The van der Waals surface area contributed by atoms with Gasteiger partial charge in [-0.3, -0.25) is 4.68 Å². The standard InChI is InChI=1S/C31H41N3O3/c1-23(2)22-36-28-13-11-25(12-14-28)21-34-29(27(20-32-34)19-24-9-7-6-8-10-24)26-15-17-33(18-16-26)30(35)37-31(3,4)5/h6-14,20,23,26H,15-19,21-22H2,1-5H3. The third-order valence-electron chi connectivity index (χ3n) is 6.57. The molecular weight excluding hydrogens is 462 g/mol. The van der Waals surface area contributed by atoms with Crippen LogP contribution in [0, 0.1) is 5.92 Å². The molecule has 2 heterocycles. The first-order valence-corrected chi connectivity index (χ1v) is 13.5. The Balaban J connectivity index is 1.51. The number of piperidine rings is 1. The summed E-state index contributed by atoms with van der Waals surface area (Å²) in [6, 6.07) is 18.9. The van der Waals surface area contributed by atoms with E-state index in [0.717, 1.165) is 25.0 Å². The minimum atomic E-state index is -0.481. The van der Waals surface area contributed by atoms with Gasteiger partial charge in [0.05, 0.1) is 19.3 Å². The van der Waals surface area contributed by atoms with Crippen LogP contribution in [0.2, 0.25) is 0 Å². The molecule has 0 saturated carbocycles. The molecule has 0 N–H and O–H groups in total. The van der Waals surface area contributed by atoms with Gasteiger partial charge in [0.2, 0.25) is 0 Å². The van der Waals surface area contributed by atoms with E-state index in [9.17, 15) is 4.79 Å². The zero-order valence-corrected chi connectivity index (χ0v) is 22.9. The molecule has 1 amide bonds. The Kier molecular flexibility index (Phi) is 8.57. The van der Waals surface area contributed by atoms with E-state index < -0.39 is 5.60 Å². The Morgan fingerprint density at radius 2 is 1.68 bits per heavy atom. The number of amides is 1. The second-order valence-electron chi connectivity index (χ2n) is 11.5. The molecule has 0 atom stereocenters. The lowest BCUT2D eigenvalue weighted by Gasteiger charge is -2.34. The van der Waals surface area contributed by atoms with Crippen LogP contribution in [0.25, 0.3) is 0 Å². The van der Waals surface area contributed by atoms with Crippen LogP contribution < -0.4 is 4.74 Å². The van der Waals surface area contributed by atoms with Crippen LogP contribution in [0.5, 0.6) is 5.75 Å². The average molecular weight is 504 g/mol. The maximum Gasteiger partial charge on any atom is 0.410 e. The first kappa shape index (κ1) is 26.8. The maximum atomic E-state index is 12.6. The number of benzene rings is 2. The van der Waals surface area contributed by atoms with E-state index in [-0.39, 0.29) is 6.09 Å². The minimum Gasteiger partial charge on any atom is -0.493 e. The van der Waals surface area contributed by atoms with Crippen LogP contribution in [-0.2, 0) is 17.7 Å². The summed E-state index contributed by atoms with van der Waals surface area (Å²) in [7, 11) is 0. The number of ether oxygens (including phenoxy) is 2. The summed E-state index contributed by atoms with van der Waals surface area (Å²) in [6.45, 7) is 12.8. The molecule has 37 heavy (non-hydrogen) atoms. The Hall–Kier alpha value is -3.28. The molecule has 0 aliphatic carbocycles. The van der Waals surface area contributed by atoms with Crippen LogP contribution >= 0.6 is 0 Å². The van der Waals surface area contributed by atoms with E-state index in [1.807, 2.05) is 44.0 Å². The Labute approximate surface area is 221 Å². The van der Waals surface area contributed by atoms with E-state index in [4.69, 9.17) is 14.6 Å². The smallest absolute Gasteiger partial charge is 0.410 e. The summed E-state index contributed by atoms with van der Waals surface area (Å²) in [6.07, 6.45) is 4.46. The molecule has 1 aliphatic heterocycles. The molecule has 0 unspecified atom stereocenters. The lowest BCUT2D eigenvalue weighted by molar-refractivity contribution is 0.0203. The zero-order valence-electron chi connectivity index (χ0n) is 22.9. The van der Waals surface area contributed by atoms with Crippen LogP contribution in [0.4, 0.5) is 4.79 Å². The summed E-state index contributed by atoms with van der Waals surface area (Å²) in [5.41, 5.74) is 4.54. The molecule has 2 aromatic carbocycles. The summed E-state index contributed by atoms with van der Waals surface area (Å²) in [4.78, 5) is 14.5. The predicted octanol–water partition coefficient (Wildman–Crippen LogP) is 6.67. The van der Waals surface area contributed by atoms with Crippen molar-refractivity contribution >= 4 is 6.09 Å². The van der Waals surface area contributed by atoms with Crippen molar-refractivity contribution < 1.29 is 14.3 Å². The lowest BCUT2D eigenvalue weighted by atomic mass is 9.89. The lowest BCUT2D eigenvalue weighted by Crippen LogP contribution is -2.41. The number of rotatable bonds is 8. The SMILES string of the molecule is CC(C)COc1ccc(Cn2ncc(Cc3ccccc3)c2C2CCN(C(=O)OC(C)(C)C)CC2)cc1. The molecule has 0 radical (unpaired) electrons. The van der Waals surface area contributed by atoms with E-state index in [2.05, 4.69) is 61.0 Å². The van der Waals surface area contributed by atoms with Gasteiger partial charge in [-0.25, -0.2) is 4.79 Å². The third-order valence-corrected chi connectivity index (χ3v) is 6.57. The number of carbonyl (C=O) groups excluding carboxylic acids is 1. The average Bonchev–Trinajstić information content (AvgIpc) is 3.25. The first-order valence-electron chi connectivity index (χ1n) is 13.5. The van der Waals surface area contributed by atoms with Gasteiger partial charge in [-0.2, -0.15) is 5.10 Å². The van der Waals surface area contributed by atoms with E-state index in [1.165, 1.54) is 22.4 Å². The van der Waals surface area contributed by atoms with Crippen molar-refractivity contribution in [1.29, 1.82) is 0 Å². The number of carbonyl (C=O) groups is 1. The fourth-order valence-electron chi connectivity index (χ4n) is 4.77. The van der Waals surface area contributed by atoms with Gasteiger partial charge in [0.1, 0.15) is 11.4 Å². The van der Waals surface area contributed by atoms with Crippen LogP contribution in [0.15, 0.2) is 60.8 Å². The monoisotopic (exact) mass is 503 g/mol. The normalized spacial score (nSPS) is 14.7. The van der Waals surface area contributed by atoms with Crippen LogP contribution in [0.3, 0.4) is 0 Å². The van der Waals surface area contributed by atoms with Gasteiger partial charge in [0.15, 0.2) is 0 Å². The van der Waals surface area contributed by atoms with Crippen LogP contribution in [0.1, 0.15) is 75.8 Å². The number of likely N-dealkylation sites (tertiary alicyclic amines) is 1. The molecule has 0 bridgehead atoms. The molecule has 3 aromatic rings. The van der Waals surface area contributed by atoms with Crippen molar-refractivity contribution in [2.45, 2.75) is 71.9 Å². The molecule has 198 valence electrons. The Bertz CT molecular complexity index is 1140. The van der Waals surface area contributed by atoms with Crippen molar-refractivity contribution in [2.24, 2.45) is 5.92 Å². The molecule has 1 saturated heterocycles. The largest absolute Gasteiger partial charge is 0.493 e. The van der Waals surface area contributed by atoms with Gasteiger partial charge in [-0.1, -0.05) is 56.3 Å². The highest BCUT2D eigenvalue weighted by molar-refractivity contribution is 5.68. The molecular formula is C31H41N3O3. The Morgan fingerprint density at radius 3 is 2.30 bits per heavy atom. The summed E-state index contributed by atoms with van der Waals surface area (Å²) in [5.74, 6) is 1.74. The van der Waals surface area contributed by atoms with Gasteiger partial charge in [0, 0.05) is 31.1 Å².